The van der Waals surface area contributed by atoms with Crippen molar-refractivity contribution >= 4 is 11.9 Å². The maximum atomic E-state index is 12.4. The molecule has 1 saturated heterocycles. The van der Waals surface area contributed by atoms with E-state index in [1.807, 2.05) is 4.90 Å². The van der Waals surface area contributed by atoms with Crippen LogP contribution in [-0.4, -0.2) is 56.7 Å². The van der Waals surface area contributed by atoms with Gasteiger partial charge in [0.15, 0.2) is 0 Å². The molecule has 0 aromatic rings. The van der Waals surface area contributed by atoms with Gasteiger partial charge < -0.3 is 20.3 Å². The van der Waals surface area contributed by atoms with Crippen LogP contribution in [-0.2, 0) is 9.53 Å². The molecule has 2 aliphatic rings. The van der Waals surface area contributed by atoms with Crippen LogP contribution in [0.25, 0.3) is 0 Å². The average molecular weight is 368 g/mol. The van der Waals surface area contributed by atoms with Gasteiger partial charge in [0, 0.05) is 45.8 Å². The largest absolute Gasteiger partial charge is 0.385 e. The van der Waals surface area contributed by atoms with Crippen LogP contribution in [0.1, 0.15) is 58.3 Å². The molecule has 0 unspecified atom stereocenters. The second kappa shape index (κ2) is 11.4. The monoisotopic (exact) mass is 367 g/mol. The molecule has 1 heterocycles. The maximum Gasteiger partial charge on any atom is 0.317 e. The molecule has 0 atom stereocenters. The van der Waals surface area contributed by atoms with E-state index in [-0.39, 0.29) is 17.9 Å². The fourth-order valence-electron chi connectivity index (χ4n) is 4.10. The first-order valence-corrected chi connectivity index (χ1v) is 10.4. The quantitative estimate of drug-likeness (QED) is 0.648. The summed E-state index contributed by atoms with van der Waals surface area (Å²) in [6.07, 6.45) is 8.73. The smallest absolute Gasteiger partial charge is 0.317 e. The first-order chi connectivity index (χ1) is 12.6. The third-order valence-corrected chi connectivity index (χ3v) is 6.06. The Kier molecular flexibility index (Phi) is 9.23. The van der Waals surface area contributed by atoms with Crippen molar-refractivity contribution in [3.05, 3.63) is 0 Å². The van der Waals surface area contributed by atoms with Gasteiger partial charge in [0.05, 0.1) is 0 Å². The van der Waals surface area contributed by atoms with E-state index in [2.05, 4.69) is 17.6 Å². The van der Waals surface area contributed by atoms with E-state index < -0.39 is 0 Å². The molecule has 26 heavy (non-hydrogen) atoms. The van der Waals surface area contributed by atoms with Gasteiger partial charge in [-0.15, -0.1) is 0 Å². The Balaban J connectivity index is 1.60. The van der Waals surface area contributed by atoms with Crippen molar-refractivity contribution in [2.24, 2.45) is 17.8 Å². The minimum absolute atomic E-state index is 0.0333. The van der Waals surface area contributed by atoms with Crippen LogP contribution in [0.2, 0.25) is 0 Å². The minimum Gasteiger partial charge on any atom is -0.385 e. The third-order valence-electron chi connectivity index (χ3n) is 6.06. The predicted octanol–water partition coefficient (Wildman–Crippen LogP) is 2.78. The number of carbonyl (C=O) groups is 2. The lowest BCUT2D eigenvalue weighted by atomic mass is 9.81. The van der Waals surface area contributed by atoms with Crippen molar-refractivity contribution < 1.29 is 14.3 Å². The van der Waals surface area contributed by atoms with Crippen LogP contribution in [0.4, 0.5) is 4.79 Å². The van der Waals surface area contributed by atoms with Crippen LogP contribution >= 0.6 is 0 Å². The number of rotatable bonds is 8. The number of hydrogen-bond donors (Lipinski definition) is 2. The minimum atomic E-state index is 0.0333. The molecule has 150 valence electrons. The van der Waals surface area contributed by atoms with Gasteiger partial charge in [0.2, 0.25) is 5.91 Å². The standard InChI is InChI=1S/C20H37N3O3/c1-3-16-5-7-17(8-6-16)15-22-20(25)23-12-9-18(10-13-23)19(24)21-11-4-14-26-2/h16-18H,3-15H2,1-2H3,(H,21,24)(H,22,25). The number of likely N-dealkylation sites (tertiary alicyclic amines) is 1. The third kappa shape index (κ3) is 6.78. The zero-order valence-corrected chi connectivity index (χ0v) is 16.6. The number of methoxy groups -OCH3 is 1. The summed E-state index contributed by atoms with van der Waals surface area (Å²) in [5.41, 5.74) is 0. The van der Waals surface area contributed by atoms with Gasteiger partial charge in [-0.05, 0) is 43.9 Å². The molecule has 2 rings (SSSR count). The van der Waals surface area contributed by atoms with E-state index in [4.69, 9.17) is 4.74 Å². The van der Waals surface area contributed by atoms with Gasteiger partial charge in [0.25, 0.3) is 0 Å². The molecule has 2 N–H and O–H groups in total. The van der Waals surface area contributed by atoms with Gasteiger partial charge in [-0.25, -0.2) is 4.79 Å². The Labute approximate surface area is 158 Å². The SMILES string of the molecule is CCC1CCC(CNC(=O)N2CCC(C(=O)NCCCOC)CC2)CC1. The van der Waals surface area contributed by atoms with Crippen LogP contribution in [0.15, 0.2) is 0 Å². The summed E-state index contributed by atoms with van der Waals surface area (Å²) < 4.78 is 4.98. The van der Waals surface area contributed by atoms with Gasteiger partial charge in [0.1, 0.15) is 0 Å². The highest BCUT2D eigenvalue weighted by Crippen LogP contribution is 2.30. The van der Waals surface area contributed by atoms with Gasteiger partial charge >= 0.3 is 6.03 Å². The van der Waals surface area contributed by atoms with E-state index in [9.17, 15) is 9.59 Å². The van der Waals surface area contributed by atoms with Gasteiger partial charge in [-0.3, -0.25) is 4.79 Å². The fourth-order valence-corrected chi connectivity index (χ4v) is 4.10. The van der Waals surface area contributed by atoms with Crippen LogP contribution in [0.3, 0.4) is 0 Å². The summed E-state index contributed by atoms with van der Waals surface area (Å²) in [5.74, 6) is 1.68. The van der Waals surface area contributed by atoms with E-state index in [0.717, 1.165) is 31.7 Å². The lowest BCUT2D eigenvalue weighted by Gasteiger charge is -2.33. The summed E-state index contributed by atoms with van der Waals surface area (Å²) >= 11 is 0. The molecule has 6 nitrogen and oxygen atoms in total. The number of ether oxygens (including phenoxy) is 1. The van der Waals surface area contributed by atoms with E-state index in [1.165, 1.54) is 32.1 Å². The van der Waals surface area contributed by atoms with Crippen molar-refractivity contribution in [3.63, 3.8) is 0 Å². The first-order valence-electron chi connectivity index (χ1n) is 10.4. The Morgan fingerprint density at radius 3 is 2.27 bits per heavy atom. The molecule has 0 radical (unpaired) electrons. The zero-order chi connectivity index (χ0) is 18.8. The van der Waals surface area contributed by atoms with E-state index >= 15 is 0 Å². The number of hydrogen-bond acceptors (Lipinski definition) is 3. The Morgan fingerprint density at radius 1 is 1.00 bits per heavy atom. The fraction of sp³-hybridized carbons (Fsp3) is 0.900. The molecule has 6 heteroatoms. The molecule has 0 aromatic heterocycles. The second-order valence-corrected chi connectivity index (χ2v) is 7.88. The molecule has 0 spiro atoms. The molecule has 1 saturated carbocycles. The van der Waals surface area contributed by atoms with Crippen molar-refractivity contribution in [2.45, 2.75) is 58.3 Å². The zero-order valence-electron chi connectivity index (χ0n) is 16.6. The van der Waals surface area contributed by atoms with Gasteiger partial charge in [-0.2, -0.15) is 0 Å². The summed E-state index contributed by atoms with van der Waals surface area (Å²) in [6, 6.07) is 0.0431. The van der Waals surface area contributed by atoms with Crippen LogP contribution in [0, 0.1) is 17.8 Å². The first kappa shape index (κ1) is 21.0. The van der Waals surface area contributed by atoms with Crippen LogP contribution in [0.5, 0.6) is 0 Å². The lowest BCUT2D eigenvalue weighted by molar-refractivity contribution is -0.126. The maximum absolute atomic E-state index is 12.4. The lowest BCUT2D eigenvalue weighted by Crippen LogP contribution is -2.48. The number of carbonyl (C=O) groups excluding carboxylic acids is 2. The topological polar surface area (TPSA) is 70.7 Å². The second-order valence-electron chi connectivity index (χ2n) is 7.88. The van der Waals surface area contributed by atoms with Gasteiger partial charge in [-0.1, -0.05) is 26.2 Å². The Morgan fingerprint density at radius 2 is 1.65 bits per heavy atom. The molecule has 3 amide bonds. The van der Waals surface area contributed by atoms with Crippen molar-refractivity contribution in [1.29, 1.82) is 0 Å². The van der Waals surface area contributed by atoms with E-state index in [0.29, 0.717) is 32.2 Å². The Bertz CT molecular complexity index is 428. The molecule has 0 bridgehead atoms. The summed E-state index contributed by atoms with van der Waals surface area (Å²) in [5, 5.41) is 6.09. The molecular formula is C20H37N3O3. The van der Waals surface area contributed by atoms with Crippen LogP contribution < -0.4 is 10.6 Å². The van der Waals surface area contributed by atoms with E-state index in [1.54, 1.807) is 7.11 Å². The average Bonchev–Trinajstić information content (AvgIpc) is 2.69. The predicted molar refractivity (Wildman–Crippen MR) is 103 cm³/mol. The summed E-state index contributed by atoms with van der Waals surface area (Å²) in [7, 11) is 1.67. The summed E-state index contributed by atoms with van der Waals surface area (Å²) in [4.78, 5) is 26.4. The highest BCUT2D eigenvalue weighted by atomic mass is 16.5. The normalized spacial score (nSPS) is 24.3. The molecule has 1 aliphatic heterocycles. The number of nitrogens with zero attached hydrogens (tertiary/aromatic N) is 1. The Hall–Kier alpha value is -1.30. The highest BCUT2D eigenvalue weighted by Gasteiger charge is 2.27. The van der Waals surface area contributed by atoms with Crippen molar-refractivity contribution in [3.8, 4) is 0 Å². The number of piperidine rings is 1. The summed E-state index contributed by atoms with van der Waals surface area (Å²) in [6.45, 7) is 5.74. The molecular weight excluding hydrogens is 330 g/mol. The molecule has 0 aromatic carbocycles. The highest BCUT2D eigenvalue weighted by molar-refractivity contribution is 5.79. The molecule has 2 fully saturated rings. The number of amides is 3. The van der Waals surface area contributed by atoms with Crippen molar-refractivity contribution in [2.75, 3.05) is 39.9 Å². The van der Waals surface area contributed by atoms with Crippen molar-refractivity contribution in [1.82, 2.24) is 15.5 Å². The number of nitrogens with one attached hydrogen (secondary N) is 2. The molecule has 1 aliphatic carbocycles. The number of urea groups is 1.